The van der Waals surface area contributed by atoms with Crippen LogP contribution in [0, 0.1) is 0 Å². The molecule has 1 rings (SSSR count). The summed E-state index contributed by atoms with van der Waals surface area (Å²) < 4.78 is 0. The SMILES string of the molecule is CCC(=O)C(C)(C)c1ccc(Cl)nc1. The molecule has 3 heteroatoms. The Morgan fingerprint density at radius 3 is 2.57 bits per heavy atom. The van der Waals surface area contributed by atoms with E-state index in [0.29, 0.717) is 11.6 Å². The zero-order valence-electron chi connectivity index (χ0n) is 8.67. The first-order valence-electron chi connectivity index (χ1n) is 4.63. The summed E-state index contributed by atoms with van der Waals surface area (Å²) in [6.07, 6.45) is 2.20. The van der Waals surface area contributed by atoms with Gasteiger partial charge in [0, 0.05) is 18.0 Å². The Labute approximate surface area is 89.3 Å². The molecule has 0 bridgehead atoms. The number of halogens is 1. The fourth-order valence-electron chi connectivity index (χ4n) is 1.35. The van der Waals surface area contributed by atoms with Crippen LogP contribution in [0.15, 0.2) is 18.3 Å². The summed E-state index contributed by atoms with van der Waals surface area (Å²) in [6, 6.07) is 3.56. The van der Waals surface area contributed by atoms with Crippen molar-refractivity contribution in [1.29, 1.82) is 0 Å². The van der Waals surface area contributed by atoms with Gasteiger partial charge >= 0.3 is 0 Å². The quantitative estimate of drug-likeness (QED) is 0.720. The molecule has 0 atom stereocenters. The number of Topliss-reactive ketones (excluding diaryl/α,β-unsaturated/α-hetero) is 1. The van der Waals surface area contributed by atoms with Gasteiger partial charge < -0.3 is 0 Å². The maximum absolute atomic E-state index is 11.7. The Bertz CT molecular complexity index is 330. The Morgan fingerprint density at radius 1 is 1.50 bits per heavy atom. The standard InChI is InChI=1S/C11H14ClNO/c1-4-9(14)11(2,3)8-5-6-10(12)13-7-8/h5-7H,4H2,1-3H3. The van der Waals surface area contributed by atoms with E-state index >= 15 is 0 Å². The van der Waals surface area contributed by atoms with E-state index in [2.05, 4.69) is 4.98 Å². The Kier molecular flexibility index (Phi) is 3.27. The molecule has 1 heterocycles. The third-order valence-corrected chi connectivity index (χ3v) is 2.69. The van der Waals surface area contributed by atoms with Crippen LogP contribution in [0.5, 0.6) is 0 Å². The maximum atomic E-state index is 11.7. The minimum absolute atomic E-state index is 0.210. The highest BCUT2D eigenvalue weighted by Gasteiger charge is 2.28. The maximum Gasteiger partial charge on any atom is 0.142 e. The van der Waals surface area contributed by atoms with Gasteiger partial charge in [0.1, 0.15) is 10.9 Å². The summed E-state index contributed by atoms with van der Waals surface area (Å²) in [4.78, 5) is 15.6. The lowest BCUT2D eigenvalue weighted by atomic mass is 9.80. The Balaban J connectivity index is 3.03. The Hall–Kier alpha value is -0.890. The zero-order chi connectivity index (χ0) is 10.8. The lowest BCUT2D eigenvalue weighted by Crippen LogP contribution is -2.28. The summed E-state index contributed by atoms with van der Waals surface area (Å²) in [7, 11) is 0. The third kappa shape index (κ3) is 2.13. The number of carbonyl (C=O) groups excluding carboxylic acids is 1. The molecule has 14 heavy (non-hydrogen) atoms. The molecule has 0 spiro atoms. The van der Waals surface area contributed by atoms with Crippen LogP contribution in [0.2, 0.25) is 5.15 Å². The van der Waals surface area contributed by atoms with Crippen LogP contribution in [-0.4, -0.2) is 10.8 Å². The summed E-state index contributed by atoms with van der Waals surface area (Å²) >= 11 is 5.68. The highest BCUT2D eigenvalue weighted by molar-refractivity contribution is 6.29. The first-order chi connectivity index (χ1) is 6.48. The van der Waals surface area contributed by atoms with Gasteiger partial charge in [0.15, 0.2) is 0 Å². The number of nitrogens with zero attached hydrogens (tertiary/aromatic N) is 1. The number of rotatable bonds is 3. The fraction of sp³-hybridized carbons (Fsp3) is 0.455. The van der Waals surface area contributed by atoms with Crippen molar-refractivity contribution in [1.82, 2.24) is 4.98 Å². The van der Waals surface area contributed by atoms with Crippen molar-refractivity contribution >= 4 is 17.4 Å². The zero-order valence-corrected chi connectivity index (χ0v) is 9.43. The van der Waals surface area contributed by atoms with Crippen LogP contribution in [0.4, 0.5) is 0 Å². The van der Waals surface area contributed by atoms with Gasteiger partial charge in [-0.1, -0.05) is 24.6 Å². The van der Waals surface area contributed by atoms with E-state index in [1.54, 1.807) is 12.3 Å². The normalized spacial score (nSPS) is 11.4. The summed E-state index contributed by atoms with van der Waals surface area (Å²) in [5, 5.41) is 0.452. The van der Waals surface area contributed by atoms with E-state index in [0.717, 1.165) is 5.56 Å². The highest BCUT2D eigenvalue weighted by atomic mass is 35.5. The Morgan fingerprint density at radius 2 is 2.14 bits per heavy atom. The molecule has 0 aliphatic heterocycles. The first kappa shape index (κ1) is 11.2. The summed E-state index contributed by atoms with van der Waals surface area (Å²) in [5.41, 5.74) is 0.445. The van der Waals surface area contributed by atoms with Crippen molar-refractivity contribution < 1.29 is 4.79 Å². The van der Waals surface area contributed by atoms with E-state index in [1.807, 2.05) is 26.8 Å². The largest absolute Gasteiger partial charge is 0.299 e. The molecule has 1 aromatic rings. The second-order valence-corrected chi connectivity index (χ2v) is 4.16. The number of hydrogen-bond acceptors (Lipinski definition) is 2. The molecule has 0 amide bonds. The van der Waals surface area contributed by atoms with Crippen LogP contribution in [-0.2, 0) is 10.2 Å². The molecule has 0 radical (unpaired) electrons. The molecule has 0 aliphatic rings. The van der Waals surface area contributed by atoms with Gasteiger partial charge in [-0.25, -0.2) is 4.98 Å². The van der Waals surface area contributed by atoms with Crippen molar-refractivity contribution in [2.24, 2.45) is 0 Å². The predicted molar refractivity (Wildman–Crippen MR) is 57.6 cm³/mol. The van der Waals surface area contributed by atoms with Crippen molar-refractivity contribution in [2.75, 3.05) is 0 Å². The minimum Gasteiger partial charge on any atom is -0.299 e. The molecular formula is C11H14ClNO. The molecule has 0 N–H and O–H groups in total. The molecule has 2 nitrogen and oxygen atoms in total. The molecule has 76 valence electrons. The van der Waals surface area contributed by atoms with Gasteiger partial charge in [0.2, 0.25) is 0 Å². The topological polar surface area (TPSA) is 30.0 Å². The van der Waals surface area contributed by atoms with Gasteiger partial charge in [0.25, 0.3) is 0 Å². The first-order valence-corrected chi connectivity index (χ1v) is 5.01. The van der Waals surface area contributed by atoms with Crippen molar-refractivity contribution in [2.45, 2.75) is 32.6 Å². The van der Waals surface area contributed by atoms with Crippen LogP contribution in [0.25, 0.3) is 0 Å². The fourth-order valence-corrected chi connectivity index (χ4v) is 1.46. The van der Waals surface area contributed by atoms with Gasteiger partial charge in [0.05, 0.1) is 0 Å². The van der Waals surface area contributed by atoms with E-state index in [-0.39, 0.29) is 5.78 Å². The summed E-state index contributed by atoms with van der Waals surface area (Å²) in [6.45, 7) is 5.68. The van der Waals surface area contributed by atoms with Gasteiger partial charge in [-0.2, -0.15) is 0 Å². The number of pyridine rings is 1. The van der Waals surface area contributed by atoms with E-state index in [9.17, 15) is 4.79 Å². The average molecular weight is 212 g/mol. The van der Waals surface area contributed by atoms with Crippen LogP contribution >= 0.6 is 11.6 Å². The molecule has 0 aliphatic carbocycles. The number of ketones is 1. The van der Waals surface area contributed by atoms with E-state index < -0.39 is 5.41 Å². The molecular weight excluding hydrogens is 198 g/mol. The molecule has 0 saturated heterocycles. The number of aromatic nitrogens is 1. The van der Waals surface area contributed by atoms with Gasteiger partial charge in [-0.05, 0) is 25.5 Å². The van der Waals surface area contributed by atoms with Crippen molar-refractivity contribution in [3.05, 3.63) is 29.0 Å². The summed E-state index contributed by atoms with van der Waals surface area (Å²) in [5.74, 6) is 0.210. The number of carbonyl (C=O) groups is 1. The lowest BCUT2D eigenvalue weighted by Gasteiger charge is -2.22. The van der Waals surface area contributed by atoms with Crippen LogP contribution < -0.4 is 0 Å². The number of hydrogen-bond donors (Lipinski definition) is 0. The van der Waals surface area contributed by atoms with Crippen molar-refractivity contribution in [3.8, 4) is 0 Å². The van der Waals surface area contributed by atoms with Crippen LogP contribution in [0.3, 0.4) is 0 Å². The van der Waals surface area contributed by atoms with Crippen molar-refractivity contribution in [3.63, 3.8) is 0 Å². The highest BCUT2D eigenvalue weighted by Crippen LogP contribution is 2.25. The third-order valence-electron chi connectivity index (χ3n) is 2.47. The van der Waals surface area contributed by atoms with E-state index in [4.69, 9.17) is 11.6 Å². The lowest BCUT2D eigenvalue weighted by molar-refractivity contribution is -0.123. The molecule has 1 aromatic heterocycles. The molecule has 0 saturated carbocycles. The predicted octanol–water partition coefficient (Wildman–Crippen LogP) is 2.99. The monoisotopic (exact) mass is 211 g/mol. The smallest absolute Gasteiger partial charge is 0.142 e. The minimum atomic E-state index is -0.466. The van der Waals surface area contributed by atoms with E-state index in [1.165, 1.54) is 0 Å². The molecule has 0 unspecified atom stereocenters. The van der Waals surface area contributed by atoms with Crippen LogP contribution in [0.1, 0.15) is 32.8 Å². The second-order valence-electron chi connectivity index (χ2n) is 3.77. The second kappa shape index (κ2) is 4.09. The molecule has 0 fully saturated rings. The van der Waals surface area contributed by atoms with Gasteiger partial charge in [-0.15, -0.1) is 0 Å². The average Bonchev–Trinajstić information content (AvgIpc) is 2.17. The molecule has 0 aromatic carbocycles. The van der Waals surface area contributed by atoms with Gasteiger partial charge in [-0.3, -0.25) is 4.79 Å².